The Morgan fingerprint density at radius 3 is 2.48 bits per heavy atom. The molecule has 10 atom stereocenters. The van der Waals surface area contributed by atoms with Crippen LogP contribution in [0.1, 0.15) is 148 Å². The average Bonchev–Trinajstić information content (AvgIpc) is 1.56. The quantitative estimate of drug-likeness (QED) is 0.0738. The summed E-state index contributed by atoms with van der Waals surface area (Å²) in [6.07, 6.45) is 7.43. The highest BCUT2D eigenvalue weighted by Gasteiger charge is 2.68. The molecule has 90 heavy (non-hydrogen) atoms. The monoisotopic (exact) mass is 1260 g/mol. The van der Waals surface area contributed by atoms with E-state index in [4.69, 9.17) is 19.2 Å². The molecule has 2 unspecified atom stereocenters. The number of methoxy groups -OCH3 is 1. The summed E-state index contributed by atoms with van der Waals surface area (Å²) < 4.78 is 66.8. The lowest BCUT2D eigenvalue weighted by molar-refractivity contribution is -0.155. The van der Waals surface area contributed by atoms with Crippen LogP contribution in [-0.4, -0.2) is 189 Å². The first-order valence-electron chi connectivity index (χ1n) is 33.6. The van der Waals surface area contributed by atoms with Crippen LogP contribution in [-0.2, 0) is 64.1 Å². The number of hydrogen-bond acceptors (Lipinski definition) is 14. The summed E-state index contributed by atoms with van der Waals surface area (Å²) in [5.41, 5.74) is 9.53. The molecule has 6 saturated heterocycles. The molecule has 2 aromatic carbocycles. The van der Waals surface area contributed by atoms with Gasteiger partial charge in [-0.25, -0.2) is 14.2 Å². The minimum Gasteiger partial charge on any atom is -0.597 e. The summed E-state index contributed by atoms with van der Waals surface area (Å²) in [6, 6.07) is 10.6. The second-order valence-corrected chi connectivity index (χ2v) is 31.7. The number of aromatic nitrogens is 2. The second kappa shape index (κ2) is 25.2. The summed E-state index contributed by atoms with van der Waals surface area (Å²) in [7, 11) is 1.69. The first kappa shape index (κ1) is 63.5. The number of fused-ring (bicyclic) bond motifs is 7. The molecular weight excluding hydrogens is 1170 g/mol. The Kier molecular flexibility index (Phi) is 17.8. The number of benzene rings is 2. The van der Waals surface area contributed by atoms with Gasteiger partial charge < -0.3 is 38.4 Å². The summed E-state index contributed by atoms with van der Waals surface area (Å²) in [5, 5.41) is 5.63. The molecule has 2 aliphatic carbocycles. The van der Waals surface area contributed by atoms with Crippen LogP contribution in [0.3, 0.4) is 0 Å². The standard InChI is InChI=1S/C69H94F2N10O8S/c1-9-79-56-19-18-46-33-51(56)53(60(79)52-34-49(36-72-57(52)42(2)87-8)76-26-25-75-27-28-88-38-50(75)37-76)35-68(6,7)41-89-66(85)54-15-12-22-80(74-54)64(83)55(31-43-29-47(46)32-48(30-43)62(70)71)73-63(82)59(44-13-10-11-14-44)77-23-20-69(39-77)21-24-78(40-69)65(84)61-58(45-16-17-45)81(61)90(86)67(3,4)5/h18-19,29-30,32-34,36,42,44-45,50,54-55,58-59,61-62,74H,9-17,20-28,31,35,37-41H2,1-8H3,(H,73,82)/t42-,50-,54-,55-,58+,59-,61+,69-,81?,90?/m0/s1. The lowest BCUT2D eigenvalue weighted by Gasteiger charge is -2.44. The van der Waals surface area contributed by atoms with Gasteiger partial charge in [0, 0.05) is 117 Å². The van der Waals surface area contributed by atoms with Gasteiger partial charge in [0.1, 0.15) is 16.8 Å². The first-order valence-corrected chi connectivity index (χ1v) is 34.7. The van der Waals surface area contributed by atoms with Gasteiger partial charge in [-0.05, 0) is 157 Å². The number of nitrogens with one attached hydrogen (secondary N) is 2. The van der Waals surface area contributed by atoms with Gasteiger partial charge in [0.05, 0.1) is 67.3 Å². The van der Waals surface area contributed by atoms with Crippen LogP contribution >= 0.6 is 0 Å². The van der Waals surface area contributed by atoms with E-state index >= 15 is 18.4 Å². The van der Waals surface area contributed by atoms with Crippen molar-refractivity contribution in [2.75, 3.05) is 90.7 Å². The Morgan fingerprint density at radius 2 is 1.73 bits per heavy atom. The molecule has 8 fully saturated rings. The summed E-state index contributed by atoms with van der Waals surface area (Å²) in [5.74, 6) is -0.731. The number of likely N-dealkylation sites (tertiary alicyclic amines) is 2. The van der Waals surface area contributed by atoms with Crippen LogP contribution in [0.15, 0.2) is 48.7 Å². The van der Waals surface area contributed by atoms with Gasteiger partial charge in [-0.3, -0.25) is 39.0 Å². The number of hydrazine groups is 1. The summed E-state index contributed by atoms with van der Waals surface area (Å²) in [6.45, 7) is 22.5. The molecule has 21 heteroatoms. The number of cyclic esters (lactones) is 1. The number of amides is 3. The van der Waals surface area contributed by atoms with E-state index in [0.717, 1.165) is 123 Å². The maximum Gasteiger partial charge on any atom is 0.324 e. The van der Waals surface area contributed by atoms with Crippen molar-refractivity contribution < 1.29 is 46.7 Å². The molecule has 9 heterocycles. The van der Waals surface area contributed by atoms with Crippen LogP contribution in [0, 0.1) is 22.7 Å². The van der Waals surface area contributed by atoms with E-state index in [9.17, 15) is 14.1 Å². The average molecular weight is 1260 g/mol. The molecule has 2 N–H and O–H groups in total. The van der Waals surface area contributed by atoms with Crippen LogP contribution in [0.5, 0.6) is 0 Å². The number of hydrogen-bond donors (Lipinski definition) is 2. The van der Waals surface area contributed by atoms with E-state index in [1.54, 1.807) is 13.2 Å². The topological polar surface area (TPSA) is 180 Å². The molecule has 4 aromatic rings. The fourth-order valence-electron chi connectivity index (χ4n) is 16.4. The van der Waals surface area contributed by atoms with Crippen LogP contribution in [0.2, 0.25) is 0 Å². The third kappa shape index (κ3) is 12.6. The molecular formula is C69H94F2N10O8S. The number of carbonyl (C=O) groups excluding carboxylic acids is 4. The van der Waals surface area contributed by atoms with Crippen molar-refractivity contribution in [1.82, 2.24) is 44.3 Å². The zero-order valence-corrected chi connectivity index (χ0v) is 54.9. The van der Waals surface area contributed by atoms with Crippen molar-refractivity contribution in [3.05, 3.63) is 71.0 Å². The number of nitrogens with zero attached hydrogens (tertiary/aromatic N) is 8. The molecule has 6 bridgehead atoms. The van der Waals surface area contributed by atoms with Gasteiger partial charge in [-0.15, -0.1) is 4.31 Å². The number of rotatable bonds is 13. The first-order chi connectivity index (χ1) is 43.1. The lowest BCUT2D eigenvalue weighted by atomic mass is 9.84. The van der Waals surface area contributed by atoms with Gasteiger partial charge in [0.15, 0.2) is 6.04 Å². The summed E-state index contributed by atoms with van der Waals surface area (Å²) >= 11 is -1.29. The molecule has 18 nitrogen and oxygen atoms in total. The maximum atomic E-state index is 15.5. The van der Waals surface area contributed by atoms with Gasteiger partial charge in [-0.2, -0.15) is 0 Å². The van der Waals surface area contributed by atoms with E-state index in [1.165, 1.54) is 11.1 Å². The van der Waals surface area contributed by atoms with Gasteiger partial charge in [-0.1, -0.05) is 44.9 Å². The van der Waals surface area contributed by atoms with Crippen molar-refractivity contribution in [1.29, 1.82) is 0 Å². The lowest BCUT2D eigenvalue weighted by Crippen LogP contribution is -2.62. The number of pyridine rings is 1. The molecule has 1 spiro atoms. The van der Waals surface area contributed by atoms with E-state index < -0.39 is 58.0 Å². The van der Waals surface area contributed by atoms with Crippen LogP contribution in [0.4, 0.5) is 14.5 Å². The fourth-order valence-corrected chi connectivity index (χ4v) is 17.9. The zero-order chi connectivity index (χ0) is 63.1. The third-order valence-electron chi connectivity index (χ3n) is 21.4. The predicted octanol–water partition coefficient (Wildman–Crippen LogP) is 8.61. The smallest absolute Gasteiger partial charge is 0.324 e. The van der Waals surface area contributed by atoms with E-state index in [0.29, 0.717) is 81.2 Å². The maximum absolute atomic E-state index is 15.5. The van der Waals surface area contributed by atoms with E-state index in [-0.39, 0.29) is 72.5 Å². The van der Waals surface area contributed by atoms with Crippen molar-refractivity contribution >= 4 is 51.6 Å². The molecule has 0 radical (unpaired) electrons. The number of anilines is 1. The third-order valence-corrected chi connectivity index (χ3v) is 23.3. The highest BCUT2D eigenvalue weighted by molar-refractivity contribution is 7.90. The molecule has 2 aromatic heterocycles. The van der Waals surface area contributed by atoms with Crippen molar-refractivity contribution in [3.63, 3.8) is 0 Å². The highest BCUT2D eigenvalue weighted by Crippen LogP contribution is 2.52. The minimum atomic E-state index is -2.84. The van der Waals surface area contributed by atoms with Gasteiger partial charge in [0.2, 0.25) is 11.8 Å². The number of carbonyl (C=O) groups is 4. The Balaban J connectivity index is 0.841. The van der Waals surface area contributed by atoms with Gasteiger partial charge in [0.25, 0.3) is 12.3 Å². The minimum absolute atomic E-state index is 0.0227. The Morgan fingerprint density at radius 1 is 0.944 bits per heavy atom. The Bertz CT molecular complexity index is 3370. The second-order valence-electron chi connectivity index (χ2n) is 29.5. The summed E-state index contributed by atoms with van der Waals surface area (Å²) in [4.78, 5) is 74.1. The number of piperazine rings is 1. The zero-order valence-electron chi connectivity index (χ0n) is 54.1. The highest BCUT2D eigenvalue weighted by atomic mass is 32.2. The van der Waals surface area contributed by atoms with Crippen molar-refractivity contribution in [3.8, 4) is 22.4 Å². The van der Waals surface area contributed by atoms with Crippen LogP contribution < -0.4 is 15.6 Å². The number of halogens is 2. The SMILES string of the molecule is CCn1c(-c2cc(N3CCN4CCOC[C@@H]4C3)cnc2[C@H](C)OC)c2c3cc(ccc31)-c1cc(cc(C(F)F)c1)C[C@H](NC(=O)[C@H](C1CCCC1)N1CC[C@]3(CCN(C(=O)[C@H]4[C@@H](C5CC5)N4[S+]([O-])C(C)(C)C)C3)C1)C(=O)N1CCC[C@H](N1)C(=O)OCC(C)(C)C2. The number of esters is 1. The molecule has 2 saturated carbocycles. The van der Waals surface area contributed by atoms with E-state index in [2.05, 4.69) is 69.0 Å². The number of morpholine rings is 1. The van der Waals surface area contributed by atoms with Crippen molar-refractivity contribution in [2.45, 2.75) is 186 Å². The van der Waals surface area contributed by atoms with Crippen molar-refractivity contribution in [2.24, 2.45) is 22.7 Å². The number of aryl methyl sites for hydroxylation is 1. The predicted molar refractivity (Wildman–Crippen MR) is 343 cm³/mol. The molecule has 9 aliphatic rings. The molecule has 13 rings (SSSR count). The van der Waals surface area contributed by atoms with E-state index in [1.807, 2.05) is 55.2 Å². The van der Waals surface area contributed by atoms with Crippen LogP contribution in [0.25, 0.3) is 33.3 Å². The number of alkyl halides is 2. The molecule has 7 aliphatic heterocycles. The normalized spacial score (nSPS) is 29.0. The number of ether oxygens (including phenoxy) is 3. The van der Waals surface area contributed by atoms with Gasteiger partial charge >= 0.3 is 5.97 Å². The largest absolute Gasteiger partial charge is 0.597 e. The Labute approximate surface area is 532 Å². The Hall–Kier alpha value is -5.26. The fraction of sp³-hybridized carbons (Fsp3) is 0.667. The molecule has 3 amide bonds. The molecule has 488 valence electrons.